The molecule has 0 unspecified atom stereocenters. The molecule has 0 radical (unpaired) electrons. The van der Waals surface area contributed by atoms with Crippen LogP contribution in [0.5, 0.6) is 0 Å². The van der Waals surface area contributed by atoms with Gasteiger partial charge in [0.25, 0.3) is 5.91 Å². The first-order valence-corrected chi connectivity index (χ1v) is 10.6. The quantitative estimate of drug-likeness (QED) is 0.410. The molecule has 0 aliphatic carbocycles. The Morgan fingerprint density at radius 3 is 2.26 bits per heavy atom. The second kappa shape index (κ2) is 9.19. The number of furan rings is 1. The Morgan fingerprint density at radius 2 is 1.65 bits per heavy atom. The molecule has 0 saturated carbocycles. The van der Waals surface area contributed by atoms with Crippen LogP contribution in [0.1, 0.15) is 47.2 Å². The van der Waals surface area contributed by atoms with Gasteiger partial charge in [-0.15, -0.1) is 0 Å². The number of anilines is 1. The van der Waals surface area contributed by atoms with Crippen LogP contribution in [0.4, 0.5) is 5.69 Å². The van der Waals surface area contributed by atoms with Crippen molar-refractivity contribution in [3.05, 3.63) is 83.1 Å². The molecule has 2 heterocycles. The van der Waals surface area contributed by atoms with Crippen LogP contribution < -0.4 is 5.01 Å². The van der Waals surface area contributed by atoms with Gasteiger partial charge in [-0.25, -0.2) is 9.59 Å². The maximum Gasteiger partial charge on any atom is 0.338 e. The Bertz CT molecular complexity index is 1310. The lowest BCUT2D eigenvalue weighted by molar-refractivity contribution is -0.114. The van der Waals surface area contributed by atoms with Gasteiger partial charge in [-0.05, 0) is 75.4 Å². The topological polar surface area (TPSA) is 109 Å². The number of rotatable bonds is 6. The minimum atomic E-state index is -1.04. The van der Waals surface area contributed by atoms with Crippen molar-refractivity contribution in [1.29, 1.82) is 0 Å². The lowest BCUT2D eigenvalue weighted by Crippen LogP contribution is -2.21. The van der Waals surface area contributed by atoms with E-state index in [0.29, 0.717) is 34.1 Å². The van der Waals surface area contributed by atoms with Crippen molar-refractivity contribution in [2.45, 2.75) is 26.9 Å². The van der Waals surface area contributed by atoms with E-state index in [0.717, 1.165) is 5.56 Å². The molecule has 1 amide bonds. The lowest BCUT2D eigenvalue weighted by Gasteiger charge is -2.11. The van der Waals surface area contributed by atoms with Gasteiger partial charge in [0.1, 0.15) is 11.5 Å². The lowest BCUT2D eigenvalue weighted by atomic mass is 10.1. The highest BCUT2D eigenvalue weighted by Crippen LogP contribution is 2.28. The minimum Gasteiger partial charge on any atom is -0.478 e. The van der Waals surface area contributed by atoms with E-state index in [1.807, 2.05) is 0 Å². The van der Waals surface area contributed by atoms with Gasteiger partial charge in [0.15, 0.2) is 0 Å². The zero-order chi connectivity index (χ0) is 24.4. The highest BCUT2D eigenvalue weighted by molar-refractivity contribution is 6.32. The molecule has 0 fully saturated rings. The largest absolute Gasteiger partial charge is 0.478 e. The molecule has 3 aromatic rings. The molecule has 34 heavy (non-hydrogen) atoms. The molecular weight excluding hydrogens is 436 g/mol. The van der Waals surface area contributed by atoms with Gasteiger partial charge in [-0.2, -0.15) is 10.1 Å². The number of benzene rings is 2. The third-order valence-electron chi connectivity index (χ3n) is 5.08. The van der Waals surface area contributed by atoms with Crippen molar-refractivity contribution in [3.63, 3.8) is 0 Å². The number of hydrogen-bond donors (Lipinski definition) is 1. The highest BCUT2D eigenvalue weighted by Gasteiger charge is 2.29. The molecule has 0 saturated heterocycles. The van der Waals surface area contributed by atoms with Crippen molar-refractivity contribution >= 4 is 35.3 Å². The Kier molecular flexibility index (Phi) is 6.14. The predicted octanol–water partition coefficient (Wildman–Crippen LogP) is 5.02. The molecule has 4 rings (SSSR count). The van der Waals surface area contributed by atoms with E-state index in [1.165, 1.54) is 29.3 Å². The molecule has 8 nitrogen and oxygen atoms in total. The summed E-state index contributed by atoms with van der Waals surface area (Å²) in [4.78, 5) is 36.0. The Labute approximate surface area is 195 Å². The summed E-state index contributed by atoms with van der Waals surface area (Å²) in [5.74, 6) is -0.719. The van der Waals surface area contributed by atoms with E-state index >= 15 is 0 Å². The smallest absolute Gasteiger partial charge is 0.338 e. The monoisotopic (exact) mass is 458 g/mol. The summed E-state index contributed by atoms with van der Waals surface area (Å²) >= 11 is 0. The average molecular weight is 458 g/mol. The normalized spacial score (nSPS) is 14.6. The Hall–Kier alpha value is -4.46. The number of ether oxygens (including phenoxy) is 1. The van der Waals surface area contributed by atoms with E-state index in [2.05, 4.69) is 5.10 Å². The fraction of sp³-hybridized carbons (Fsp3) is 0.154. The average Bonchev–Trinajstić information content (AvgIpc) is 3.39. The van der Waals surface area contributed by atoms with Crippen LogP contribution in [0.2, 0.25) is 0 Å². The van der Waals surface area contributed by atoms with Gasteiger partial charge < -0.3 is 14.3 Å². The Morgan fingerprint density at radius 1 is 1.00 bits per heavy atom. The fourth-order valence-corrected chi connectivity index (χ4v) is 3.39. The molecule has 1 aliphatic rings. The number of hydrazone groups is 1. The Balaban J connectivity index is 1.52. The summed E-state index contributed by atoms with van der Waals surface area (Å²) < 4.78 is 11.1. The molecule has 1 aliphatic heterocycles. The summed E-state index contributed by atoms with van der Waals surface area (Å²) in [7, 11) is 0. The van der Waals surface area contributed by atoms with Gasteiger partial charge in [0.2, 0.25) is 0 Å². The van der Waals surface area contributed by atoms with Gasteiger partial charge in [0, 0.05) is 5.56 Å². The number of carboxylic acids is 1. The summed E-state index contributed by atoms with van der Waals surface area (Å²) in [5.41, 5.74) is 2.70. The molecule has 1 N–H and O–H groups in total. The first-order chi connectivity index (χ1) is 16.2. The van der Waals surface area contributed by atoms with Gasteiger partial charge >= 0.3 is 11.9 Å². The van der Waals surface area contributed by atoms with E-state index in [1.54, 1.807) is 63.2 Å². The van der Waals surface area contributed by atoms with Crippen LogP contribution in [0.25, 0.3) is 17.4 Å². The number of carbonyl (C=O) groups excluding carboxylic acids is 2. The minimum absolute atomic E-state index is 0.125. The van der Waals surface area contributed by atoms with Gasteiger partial charge in [-0.1, -0.05) is 12.1 Å². The number of carbonyl (C=O) groups is 3. The number of carboxylic acid groups (broad SMARTS) is 1. The van der Waals surface area contributed by atoms with Crippen LogP contribution in [0.3, 0.4) is 0 Å². The zero-order valence-electron chi connectivity index (χ0n) is 18.8. The van der Waals surface area contributed by atoms with Crippen molar-refractivity contribution in [2.75, 3.05) is 5.01 Å². The van der Waals surface area contributed by atoms with Crippen LogP contribution in [-0.4, -0.2) is 34.8 Å². The van der Waals surface area contributed by atoms with E-state index in [-0.39, 0.29) is 23.5 Å². The fourth-order valence-electron chi connectivity index (χ4n) is 3.39. The zero-order valence-corrected chi connectivity index (χ0v) is 18.8. The number of esters is 1. The maximum absolute atomic E-state index is 12.9. The third kappa shape index (κ3) is 4.66. The maximum atomic E-state index is 12.9. The van der Waals surface area contributed by atoms with Gasteiger partial charge in [0.05, 0.1) is 34.2 Å². The number of aromatic carboxylic acids is 1. The van der Waals surface area contributed by atoms with Gasteiger partial charge in [-0.3, -0.25) is 4.79 Å². The van der Waals surface area contributed by atoms with Crippen LogP contribution in [-0.2, 0) is 9.53 Å². The standard InChI is InChI=1S/C26H22N2O6/c1-15(2)33-26(32)19-6-4-17(5-7-19)23-13-12-21(34-23)14-22-16(3)27-28(24(22)29)20-10-8-18(9-11-20)25(30)31/h4-15H,1-3H3,(H,30,31). The molecular formula is C26H22N2O6. The van der Waals surface area contributed by atoms with E-state index < -0.39 is 5.97 Å². The number of hydrogen-bond acceptors (Lipinski definition) is 6. The molecule has 8 heteroatoms. The molecule has 0 atom stereocenters. The van der Waals surface area contributed by atoms with Crippen molar-refractivity contribution < 1.29 is 28.6 Å². The van der Waals surface area contributed by atoms with E-state index in [9.17, 15) is 14.4 Å². The summed E-state index contributed by atoms with van der Waals surface area (Å²) in [6.45, 7) is 5.30. The predicted molar refractivity (Wildman–Crippen MR) is 127 cm³/mol. The first kappa shape index (κ1) is 22.7. The van der Waals surface area contributed by atoms with Crippen molar-refractivity contribution in [2.24, 2.45) is 5.10 Å². The molecule has 1 aromatic heterocycles. The van der Waals surface area contributed by atoms with Crippen molar-refractivity contribution in [1.82, 2.24) is 0 Å². The van der Waals surface area contributed by atoms with E-state index in [4.69, 9.17) is 14.3 Å². The molecule has 0 spiro atoms. The first-order valence-electron chi connectivity index (χ1n) is 10.6. The molecule has 2 aromatic carbocycles. The highest BCUT2D eigenvalue weighted by atomic mass is 16.5. The molecule has 0 bridgehead atoms. The number of nitrogens with zero attached hydrogens (tertiary/aromatic N) is 2. The number of amides is 1. The van der Waals surface area contributed by atoms with Crippen LogP contribution >= 0.6 is 0 Å². The third-order valence-corrected chi connectivity index (χ3v) is 5.08. The van der Waals surface area contributed by atoms with Crippen LogP contribution in [0, 0.1) is 0 Å². The second-order valence-corrected chi connectivity index (χ2v) is 7.95. The molecule has 172 valence electrons. The second-order valence-electron chi connectivity index (χ2n) is 7.95. The van der Waals surface area contributed by atoms with Crippen LogP contribution in [0.15, 0.2) is 75.8 Å². The van der Waals surface area contributed by atoms with Crippen molar-refractivity contribution in [3.8, 4) is 11.3 Å². The summed E-state index contributed by atoms with van der Waals surface area (Å²) in [6.07, 6.45) is 1.42. The summed E-state index contributed by atoms with van der Waals surface area (Å²) in [6, 6.07) is 16.3. The summed E-state index contributed by atoms with van der Waals surface area (Å²) in [5, 5.41) is 14.6. The SMILES string of the molecule is CC1=NN(c2ccc(C(=O)O)cc2)C(=O)C1=Cc1ccc(-c2ccc(C(=O)OC(C)C)cc2)o1.